The third kappa shape index (κ3) is 2.38. The van der Waals surface area contributed by atoms with E-state index in [1.807, 2.05) is 17.6 Å². The van der Waals surface area contributed by atoms with Crippen LogP contribution in [0, 0.1) is 0 Å². The van der Waals surface area contributed by atoms with Crippen molar-refractivity contribution in [1.29, 1.82) is 0 Å². The second-order valence-corrected chi connectivity index (χ2v) is 9.97. The summed E-state index contributed by atoms with van der Waals surface area (Å²) in [5.41, 5.74) is 3.31. The summed E-state index contributed by atoms with van der Waals surface area (Å²) in [6.45, 7) is 0. The first-order chi connectivity index (χ1) is 16.9. The smallest absolute Gasteiger partial charge is 0.135 e. The van der Waals surface area contributed by atoms with E-state index in [4.69, 9.17) is 4.42 Å². The average molecular weight is 451 g/mol. The molecule has 8 aromatic rings. The molecule has 2 aromatic heterocycles. The van der Waals surface area contributed by atoms with Gasteiger partial charge in [-0.2, -0.15) is 0 Å². The van der Waals surface area contributed by atoms with Crippen molar-refractivity contribution in [2.24, 2.45) is 0 Å². The fourth-order valence-corrected chi connectivity index (χ4v) is 6.85. The second-order valence-electron chi connectivity index (χ2n) is 8.92. The Morgan fingerprint density at radius 2 is 1.21 bits per heavy atom. The van der Waals surface area contributed by atoms with Crippen molar-refractivity contribution >= 4 is 74.8 Å². The molecule has 0 unspecified atom stereocenters. The van der Waals surface area contributed by atoms with Gasteiger partial charge in [0, 0.05) is 31.1 Å². The first-order valence-corrected chi connectivity index (χ1v) is 12.3. The fourth-order valence-electron chi connectivity index (χ4n) is 5.60. The first-order valence-electron chi connectivity index (χ1n) is 11.5. The van der Waals surface area contributed by atoms with Crippen molar-refractivity contribution in [3.63, 3.8) is 0 Å². The predicted octanol–water partition coefficient (Wildman–Crippen LogP) is 9.93. The Balaban J connectivity index is 1.57. The highest BCUT2D eigenvalue weighted by molar-refractivity contribution is 7.26. The van der Waals surface area contributed by atoms with E-state index >= 15 is 0 Å². The molecule has 0 atom stereocenters. The molecule has 0 amide bonds. The summed E-state index contributed by atoms with van der Waals surface area (Å²) < 4.78 is 8.78. The molecule has 0 radical (unpaired) electrons. The third-order valence-electron chi connectivity index (χ3n) is 7.12. The van der Waals surface area contributed by atoms with Crippen LogP contribution in [0.3, 0.4) is 0 Å². The van der Waals surface area contributed by atoms with E-state index in [0.717, 1.165) is 11.1 Å². The van der Waals surface area contributed by atoms with Gasteiger partial charge in [0.15, 0.2) is 0 Å². The highest BCUT2D eigenvalue weighted by atomic mass is 32.1. The molecule has 8 rings (SSSR count). The number of rotatable bonds is 1. The summed E-state index contributed by atoms with van der Waals surface area (Å²) in [6.07, 6.45) is 1.94. The van der Waals surface area contributed by atoms with E-state index in [-0.39, 0.29) is 0 Å². The van der Waals surface area contributed by atoms with Gasteiger partial charge < -0.3 is 4.42 Å². The Hall–Kier alpha value is -4.14. The monoisotopic (exact) mass is 450 g/mol. The highest BCUT2D eigenvalue weighted by Gasteiger charge is 2.18. The lowest BCUT2D eigenvalue weighted by Crippen LogP contribution is -1.83. The van der Waals surface area contributed by atoms with E-state index < -0.39 is 0 Å². The van der Waals surface area contributed by atoms with E-state index in [0.29, 0.717) is 0 Å². The van der Waals surface area contributed by atoms with E-state index in [1.165, 1.54) is 63.4 Å². The molecule has 0 spiro atoms. The van der Waals surface area contributed by atoms with E-state index in [1.54, 1.807) is 0 Å². The van der Waals surface area contributed by atoms with Crippen LogP contribution in [0.15, 0.2) is 114 Å². The van der Waals surface area contributed by atoms with Crippen molar-refractivity contribution in [3.05, 3.63) is 109 Å². The zero-order chi connectivity index (χ0) is 22.2. The molecule has 0 saturated carbocycles. The lowest BCUT2D eigenvalue weighted by Gasteiger charge is -2.09. The third-order valence-corrected chi connectivity index (χ3v) is 8.33. The zero-order valence-corrected chi connectivity index (χ0v) is 19.0. The van der Waals surface area contributed by atoms with Gasteiger partial charge >= 0.3 is 0 Å². The molecule has 34 heavy (non-hydrogen) atoms. The van der Waals surface area contributed by atoms with Gasteiger partial charge in [0.2, 0.25) is 0 Å². The molecule has 1 nitrogen and oxygen atoms in total. The molecule has 0 aliphatic carbocycles. The standard InChI is InChI=1S/C32H18OS/c1-3-9-22-19(6-1)13-16-27-30(22)26(18-33-27)24-11-5-8-21-14-17-28-31(29(21)24)25-15-12-20-7-2-4-10-23(20)32(25)34-28/h1-18H. The van der Waals surface area contributed by atoms with E-state index in [9.17, 15) is 0 Å². The molecule has 158 valence electrons. The van der Waals surface area contributed by atoms with Gasteiger partial charge in [-0.25, -0.2) is 0 Å². The number of fused-ring (bicyclic) bond motifs is 10. The molecule has 0 N–H and O–H groups in total. The maximum atomic E-state index is 6.10. The van der Waals surface area contributed by atoms with Gasteiger partial charge in [-0.1, -0.05) is 91.0 Å². The molecule has 0 saturated heterocycles. The second kappa shape index (κ2) is 6.69. The molecular weight excluding hydrogens is 432 g/mol. The molecule has 0 bridgehead atoms. The molecular formula is C32H18OS. The van der Waals surface area contributed by atoms with Gasteiger partial charge in [-0.05, 0) is 50.0 Å². The highest BCUT2D eigenvalue weighted by Crippen LogP contribution is 2.46. The van der Waals surface area contributed by atoms with Gasteiger partial charge in [0.25, 0.3) is 0 Å². The maximum absolute atomic E-state index is 6.10. The fraction of sp³-hybridized carbons (Fsp3) is 0. The minimum Gasteiger partial charge on any atom is -0.464 e. The number of thiophene rings is 1. The summed E-state index contributed by atoms with van der Waals surface area (Å²) in [6, 6.07) is 37.2. The number of hydrogen-bond acceptors (Lipinski definition) is 2. The quantitative estimate of drug-likeness (QED) is 0.242. The van der Waals surface area contributed by atoms with Gasteiger partial charge in [0.1, 0.15) is 5.58 Å². The normalized spacial score (nSPS) is 12.1. The van der Waals surface area contributed by atoms with E-state index in [2.05, 4.69) is 103 Å². The van der Waals surface area contributed by atoms with Crippen LogP contribution in [-0.4, -0.2) is 0 Å². The van der Waals surface area contributed by atoms with Gasteiger partial charge in [0.05, 0.1) is 6.26 Å². The first kappa shape index (κ1) is 18.3. The van der Waals surface area contributed by atoms with Crippen LogP contribution in [0.4, 0.5) is 0 Å². The number of furan rings is 1. The van der Waals surface area contributed by atoms with Crippen molar-refractivity contribution in [3.8, 4) is 11.1 Å². The largest absolute Gasteiger partial charge is 0.464 e. The Kier molecular flexibility index (Phi) is 3.60. The summed E-state index contributed by atoms with van der Waals surface area (Å²) in [5.74, 6) is 0. The molecule has 6 aromatic carbocycles. The minimum absolute atomic E-state index is 0.930. The lowest BCUT2D eigenvalue weighted by molar-refractivity contribution is 0.617. The molecule has 0 fully saturated rings. The van der Waals surface area contributed by atoms with Crippen LogP contribution in [0.25, 0.3) is 74.6 Å². The van der Waals surface area contributed by atoms with Crippen LogP contribution >= 0.6 is 11.3 Å². The molecule has 2 heterocycles. The SMILES string of the molecule is c1ccc2c(c1)ccc1c2sc2ccc3cccc(-c4coc5ccc6ccccc6c45)c3c21. The Morgan fingerprint density at radius 1 is 0.471 bits per heavy atom. The summed E-state index contributed by atoms with van der Waals surface area (Å²) in [5, 5.41) is 11.5. The average Bonchev–Trinajstić information content (AvgIpc) is 3.50. The van der Waals surface area contributed by atoms with Crippen molar-refractivity contribution in [2.45, 2.75) is 0 Å². The summed E-state index contributed by atoms with van der Waals surface area (Å²) in [4.78, 5) is 0. The van der Waals surface area contributed by atoms with Gasteiger partial charge in [-0.3, -0.25) is 0 Å². The van der Waals surface area contributed by atoms with Crippen LogP contribution < -0.4 is 0 Å². The lowest BCUT2D eigenvalue weighted by atomic mass is 9.92. The van der Waals surface area contributed by atoms with Crippen LogP contribution in [-0.2, 0) is 0 Å². The summed E-state index contributed by atoms with van der Waals surface area (Å²) in [7, 11) is 0. The summed E-state index contributed by atoms with van der Waals surface area (Å²) >= 11 is 1.89. The molecule has 0 aliphatic heterocycles. The zero-order valence-electron chi connectivity index (χ0n) is 18.2. The molecule has 0 aliphatic rings. The topological polar surface area (TPSA) is 13.1 Å². The number of benzene rings is 6. The van der Waals surface area contributed by atoms with Crippen molar-refractivity contribution < 1.29 is 4.42 Å². The Labute approximate surface area is 199 Å². The Bertz CT molecular complexity index is 2070. The van der Waals surface area contributed by atoms with Gasteiger partial charge in [-0.15, -0.1) is 11.3 Å². The predicted molar refractivity (Wildman–Crippen MR) is 147 cm³/mol. The van der Waals surface area contributed by atoms with Crippen molar-refractivity contribution in [2.75, 3.05) is 0 Å². The Morgan fingerprint density at radius 3 is 2.12 bits per heavy atom. The molecule has 2 heteroatoms. The minimum atomic E-state index is 0.930. The number of hydrogen-bond donors (Lipinski definition) is 0. The van der Waals surface area contributed by atoms with Crippen molar-refractivity contribution in [1.82, 2.24) is 0 Å². The van der Waals surface area contributed by atoms with Crippen LogP contribution in [0.1, 0.15) is 0 Å². The maximum Gasteiger partial charge on any atom is 0.135 e. The van der Waals surface area contributed by atoms with Crippen LogP contribution in [0.2, 0.25) is 0 Å². The van der Waals surface area contributed by atoms with Crippen LogP contribution in [0.5, 0.6) is 0 Å².